The summed E-state index contributed by atoms with van der Waals surface area (Å²) in [5.41, 5.74) is 0.138. The number of alkyl halides is 3. The molecule has 17 heavy (non-hydrogen) atoms. The number of ether oxygens (including phenoxy) is 1. The molecule has 0 amide bonds. The largest absolute Gasteiger partial charge is 0.573 e. The first-order valence-electron chi connectivity index (χ1n) is 4.47. The second kappa shape index (κ2) is 3.69. The maximum Gasteiger partial charge on any atom is 0.573 e. The SMILES string of the molecule is O=C(O)n1ccc2ccc(OC(F)(F)F)cc21. The second-order valence-corrected chi connectivity index (χ2v) is 3.24. The van der Waals surface area contributed by atoms with Gasteiger partial charge in [-0.05, 0) is 18.2 Å². The van der Waals surface area contributed by atoms with Gasteiger partial charge in [-0.3, -0.25) is 4.57 Å². The normalized spacial score (nSPS) is 11.7. The highest BCUT2D eigenvalue weighted by Gasteiger charge is 2.31. The molecule has 0 radical (unpaired) electrons. The van der Waals surface area contributed by atoms with E-state index in [4.69, 9.17) is 5.11 Å². The van der Waals surface area contributed by atoms with Gasteiger partial charge in [0.2, 0.25) is 0 Å². The van der Waals surface area contributed by atoms with E-state index in [1.54, 1.807) is 0 Å². The number of aromatic nitrogens is 1. The lowest BCUT2D eigenvalue weighted by atomic mass is 10.2. The van der Waals surface area contributed by atoms with E-state index in [2.05, 4.69) is 4.74 Å². The fourth-order valence-corrected chi connectivity index (χ4v) is 1.47. The van der Waals surface area contributed by atoms with E-state index < -0.39 is 18.2 Å². The van der Waals surface area contributed by atoms with E-state index in [1.807, 2.05) is 0 Å². The van der Waals surface area contributed by atoms with Crippen molar-refractivity contribution >= 4 is 17.0 Å². The molecule has 0 aliphatic rings. The van der Waals surface area contributed by atoms with Crippen molar-refractivity contribution in [2.24, 2.45) is 0 Å². The molecule has 2 rings (SSSR count). The average Bonchev–Trinajstić information content (AvgIpc) is 2.57. The summed E-state index contributed by atoms with van der Waals surface area (Å²) in [4.78, 5) is 10.8. The Kier molecular flexibility index (Phi) is 2.45. The summed E-state index contributed by atoms with van der Waals surface area (Å²) in [6.45, 7) is 0. The summed E-state index contributed by atoms with van der Waals surface area (Å²) in [7, 11) is 0. The molecular weight excluding hydrogens is 239 g/mol. The molecule has 0 spiro atoms. The van der Waals surface area contributed by atoms with Crippen LogP contribution in [0.25, 0.3) is 10.9 Å². The van der Waals surface area contributed by atoms with Crippen LogP contribution < -0.4 is 4.74 Å². The predicted molar refractivity (Wildman–Crippen MR) is 52.0 cm³/mol. The van der Waals surface area contributed by atoms with E-state index in [9.17, 15) is 18.0 Å². The Balaban J connectivity index is 2.48. The molecule has 4 nitrogen and oxygen atoms in total. The molecule has 0 bridgehead atoms. The Labute approximate surface area is 92.8 Å². The van der Waals surface area contributed by atoms with Gasteiger partial charge in [0.25, 0.3) is 0 Å². The first kappa shape index (κ1) is 11.3. The van der Waals surface area contributed by atoms with Crippen LogP contribution in [0.15, 0.2) is 30.5 Å². The van der Waals surface area contributed by atoms with Crippen LogP contribution >= 0.6 is 0 Å². The number of nitrogens with zero attached hydrogens (tertiary/aromatic N) is 1. The lowest BCUT2D eigenvalue weighted by Crippen LogP contribution is -2.17. The summed E-state index contributed by atoms with van der Waals surface area (Å²) in [5, 5.41) is 9.31. The minimum atomic E-state index is -4.80. The average molecular weight is 245 g/mol. The predicted octanol–water partition coefficient (Wildman–Crippen LogP) is 3.07. The van der Waals surface area contributed by atoms with Gasteiger partial charge in [-0.2, -0.15) is 0 Å². The third-order valence-electron chi connectivity index (χ3n) is 2.10. The van der Waals surface area contributed by atoms with Gasteiger partial charge in [0.15, 0.2) is 0 Å². The Morgan fingerprint density at radius 3 is 2.59 bits per heavy atom. The molecule has 2 aromatic rings. The molecule has 0 atom stereocenters. The van der Waals surface area contributed by atoms with Crippen molar-refractivity contribution < 1.29 is 27.8 Å². The summed E-state index contributed by atoms with van der Waals surface area (Å²) in [6, 6.07) is 5.00. The number of benzene rings is 1. The molecule has 1 heterocycles. The maximum absolute atomic E-state index is 12.0. The number of hydrogen-bond acceptors (Lipinski definition) is 2. The summed E-state index contributed by atoms with van der Waals surface area (Å²) < 4.78 is 40.5. The van der Waals surface area contributed by atoms with Gasteiger partial charge >= 0.3 is 12.5 Å². The molecule has 0 aliphatic heterocycles. The van der Waals surface area contributed by atoms with Gasteiger partial charge in [0.05, 0.1) is 5.52 Å². The fraction of sp³-hybridized carbons (Fsp3) is 0.100. The Morgan fingerprint density at radius 2 is 2.00 bits per heavy atom. The number of fused-ring (bicyclic) bond motifs is 1. The topological polar surface area (TPSA) is 51.5 Å². The highest BCUT2D eigenvalue weighted by atomic mass is 19.4. The van der Waals surface area contributed by atoms with Crippen LogP contribution in [0.4, 0.5) is 18.0 Å². The molecular formula is C10H6F3NO3. The third-order valence-corrected chi connectivity index (χ3v) is 2.10. The van der Waals surface area contributed by atoms with Gasteiger partial charge in [-0.25, -0.2) is 4.79 Å². The molecule has 0 aliphatic carbocycles. The molecule has 0 unspecified atom stereocenters. The zero-order chi connectivity index (χ0) is 12.6. The zero-order valence-electron chi connectivity index (χ0n) is 8.23. The molecule has 1 aromatic heterocycles. The van der Waals surface area contributed by atoms with Crippen LogP contribution in [-0.4, -0.2) is 22.1 Å². The van der Waals surface area contributed by atoms with E-state index in [-0.39, 0.29) is 5.52 Å². The zero-order valence-corrected chi connectivity index (χ0v) is 8.23. The van der Waals surface area contributed by atoms with Gasteiger partial charge in [0, 0.05) is 17.6 Å². The van der Waals surface area contributed by atoms with Gasteiger partial charge in [-0.15, -0.1) is 13.2 Å². The van der Waals surface area contributed by atoms with E-state index in [0.29, 0.717) is 5.39 Å². The first-order valence-corrected chi connectivity index (χ1v) is 4.47. The van der Waals surface area contributed by atoms with E-state index in [0.717, 1.165) is 16.7 Å². The van der Waals surface area contributed by atoms with Crippen LogP contribution in [0.3, 0.4) is 0 Å². The molecule has 1 N–H and O–H groups in total. The van der Waals surface area contributed by atoms with Crippen LogP contribution in [-0.2, 0) is 0 Å². The molecule has 7 heteroatoms. The van der Waals surface area contributed by atoms with E-state index in [1.165, 1.54) is 18.3 Å². The van der Waals surface area contributed by atoms with Crippen molar-refractivity contribution in [2.45, 2.75) is 6.36 Å². The Morgan fingerprint density at radius 1 is 1.29 bits per heavy atom. The van der Waals surface area contributed by atoms with Gasteiger partial charge in [-0.1, -0.05) is 0 Å². The van der Waals surface area contributed by atoms with Crippen molar-refractivity contribution in [3.8, 4) is 5.75 Å². The lowest BCUT2D eigenvalue weighted by Gasteiger charge is -2.08. The lowest BCUT2D eigenvalue weighted by molar-refractivity contribution is -0.274. The number of hydrogen-bond donors (Lipinski definition) is 1. The monoisotopic (exact) mass is 245 g/mol. The van der Waals surface area contributed by atoms with Crippen LogP contribution in [0.1, 0.15) is 0 Å². The minimum Gasteiger partial charge on any atom is -0.464 e. The third kappa shape index (κ3) is 2.32. The highest BCUT2D eigenvalue weighted by molar-refractivity contribution is 5.89. The quantitative estimate of drug-likeness (QED) is 0.839. The van der Waals surface area contributed by atoms with Crippen molar-refractivity contribution in [1.29, 1.82) is 0 Å². The molecule has 90 valence electrons. The van der Waals surface area contributed by atoms with Crippen molar-refractivity contribution in [3.05, 3.63) is 30.5 Å². The Hall–Kier alpha value is -2.18. The number of rotatable bonds is 1. The molecule has 0 saturated heterocycles. The first-order chi connectivity index (χ1) is 7.87. The van der Waals surface area contributed by atoms with Crippen molar-refractivity contribution in [2.75, 3.05) is 0 Å². The summed E-state index contributed by atoms with van der Waals surface area (Å²) in [5.74, 6) is -0.453. The molecule has 1 aromatic carbocycles. The van der Waals surface area contributed by atoms with Crippen LogP contribution in [0.2, 0.25) is 0 Å². The number of carboxylic acid groups (broad SMARTS) is 1. The molecule has 0 saturated carbocycles. The standard InChI is InChI=1S/C10H6F3NO3/c11-10(12,13)17-7-2-1-6-3-4-14(9(15)16)8(6)5-7/h1-5H,(H,15,16). The fourth-order valence-electron chi connectivity index (χ4n) is 1.47. The maximum atomic E-state index is 12.0. The molecule has 0 fully saturated rings. The van der Waals surface area contributed by atoms with Crippen LogP contribution in [0, 0.1) is 0 Å². The van der Waals surface area contributed by atoms with Gasteiger partial charge < -0.3 is 9.84 Å². The minimum absolute atomic E-state index is 0.138. The highest BCUT2D eigenvalue weighted by Crippen LogP contribution is 2.26. The van der Waals surface area contributed by atoms with Crippen LogP contribution in [0.5, 0.6) is 5.75 Å². The summed E-state index contributed by atoms with van der Waals surface area (Å²) >= 11 is 0. The van der Waals surface area contributed by atoms with E-state index >= 15 is 0 Å². The van der Waals surface area contributed by atoms with Crippen molar-refractivity contribution in [1.82, 2.24) is 4.57 Å². The van der Waals surface area contributed by atoms with Crippen molar-refractivity contribution in [3.63, 3.8) is 0 Å². The second-order valence-electron chi connectivity index (χ2n) is 3.24. The Bertz CT molecular complexity index is 574. The number of carbonyl (C=O) groups is 1. The smallest absolute Gasteiger partial charge is 0.464 e. The number of halogens is 3. The van der Waals surface area contributed by atoms with Gasteiger partial charge in [0.1, 0.15) is 5.75 Å². The summed E-state index contributed by atoms with van der Waals surface area (Å²) in [6.07, 6.45) is -4.82.